The van der Waals surface area contributed by atoms with Crippen molar-refractivity contribution in [3.8, 4) is 0 Å². The molecular formula is C12H15NO2. The molecule has 1 unspecified atom stereocenters. The van der Waals surface area contributed by atoms with E-state index in [0.29, 0.717) is 12.8 Å². The summed E-state index contributed by atoms with van der Waals surface area (Å²) < 4.78 is 0. The van der Waals surface area contributed by atoms with Crippen molar-refractivity contribution < 1.29 is 9.59 Å². The quantitative estimate of drug-likeness (QED) is 0.722. The lowest BCUT2D eigenvalue weighted by Gasteiger charge is -2.12. The van der Waals surface area contributed by atoms with E-state index in [1.165, 1.54) is 5.56 Å². The molecule has 0 radical (unpaired) electrons. The third kappa shape index (κ3) is 3.94. The van der Waals surface area contributed by atoms with Gasteiger partial charge in [-0.25, -0.2) is 0 Å². The zero-order valence-electron chi connectivity index (χ0n) is 8.77. The number of carbonyl (C=O) groups excluding carboxylic acids is 2. The average Bonchev–Trinajstić information content (AvgIpc) is 2.27. The van der Waals surface area contributed by atoms with Gasteiger partial charge in [0.05, 0.1) is 6.04 Å². The zero-order chi connectivity index (χ0) is 11.1. The minimum atomic E-state index is -0.280. The Morgan fingerprint density at radius 3 is 2.47 bits per heavy atom. The van der Waals surface area contributed by atoms with Gasteiger partial charge in [0.15, 0.2) is 0 Å². The van der Waals surface area contributed by atoms with Gasteiger partial charge in [-0.1, -0.05) is 17.7 Å². The van der Waals surface area contributed by atoms with Crippen LogP contribution in [-0.4, -0.2) is 18.6 Å². The van der Waals surface area contributed by atoms with Gasteiger partial charge in [-0.2, -0.15) is 0 Å². The molecule has 80 valence electrons. The van der Waals surface area contributed by atoms with Crippen molar-refractivity contribution in [2.45, 2.75) is 25.8 Å². The Labute approximate surface area is 89.5 Å². The second-order valence-corrected chi connectivity index (χ2v) is 3.50. The molecule has 3 nitrogen and oxygen atoms in total. The van der Waals surface area contributed by atoms with Crippen LogP contribution in [0.2, 0.25) is 0 Å². The van der Waals surface area contributed by atoms with Gasteiger partial charge in [0.25, 0.3) is 0 Å². The monoisotopic (exact) mass is 205 g/mol. The van der Waals surface area contributed by atoms with Crippen molar-refractivity contribution in [2.75, 3.05) is 5.32 Å². The molecule has 1 rings (SSSR count). The van der Waals surface area contributed by atoms with Gasteiger partial charge in [-0.05, 0) is 25.5 Å². The van der Waals surface area contributed by atoms with Crippen LogP contribution in [0.5, 0.6) is 0 Å². The summed E-state index contributed by atoms with van der Waals surface area (Å²) in [5.41, 5.74) is 2.08. The molecule has 0 aliphatic carbocycles. The topological polar surface area (TPSA) is 46.2 Å². The molecule has 15 heavy (non-hydrogen) atoms. The highest BCUT2D eigenvalue weighted by Crippen LogP contribution is 2.10. The van der Waals surface area contributed by atoms with Crippen LogP contribution < -0.4 is 5.32 Å². The first-order valence-electron chi connectivity index (χ1n) is 4.98. The minimum absolute atomic E-state index is 0.280. The molecule has 0 aromatic heterocycles. The van der Waals surface area contributed by atoms with Crippen LogP contribution in [0.1, 0.15) is 18.4 Å². The fourth-order valence-electron chi connectivity index (χ4n) is 1.29. The standard InChI is InChI=1S/C12H15NO2/c1-10-4-6-11(7-5-10)13-12(9-15)3-2-8-14/h4-9,12-13H,2-3H2,1H3. The van der Waals surface area contributed by atoms with E-state index in [9.17, 15) is 9.59 Å². The molecule has 3 heteroatoms. The fourth-order valence-corrected chi connectivity index (χ4v) is 1.29. The molecule has 0 aliphatic heterocycles. The smallest absolute Gasteiger partial charge is 0.142 e. The number of nitrogens with one attached hydrogen (secondary N) is 1. The lowest BCUT2D eigenvalue weighted by atomic mass is 10.1. The van der Waals surface area contributed by atoms with Crippen molar-refractivity contribution in [2.24, 2.45) is 0 Å². The predicted octanol–water partition coefficient (Wildman–Crippen LogP) is 1.95. The molecule has 0 spiro atoms. The minimum Gasteiger partial charge on any atom is -0.376 e. The molecule has 0 saturated heterocycles. The van der Waals surface area contributed by atoms with Crippen molar-refractivity contribution in [3.63, 3.8) is 0 Å². The summed E-state index contributed by atoms with van der Waals surface area (Å²) in [4.78, 5) is 20.9. The van der Waals surface area contributed by atoms with Gasteiger partial charge < -0.3 is 14.9 Å². The van der Waals surface area contributed by atoms with Gasteiger partial charge in [0.1, 0.15) is 12.6 Å². The number of aldehydes is 2. The van der Waals surface area contributed by atoms with E-state index in [1.54, 1.807) is 0 Å². The van der Waals surface area contributed by atoms with Gasteiger partial charge >= 0.3 is 0 Å². The number of benzene rings is 1. The van der Waals surface area contributed by atoms with E-state index in [4.69, 9.17) is 0 Å². The summed E-state index contributed by atoms with van der Waals surface area (Å²) >= 11 is 0. The summed E-state index contributed by atoms with van der Waals surface area (Å²) in [6.07, 6.45) is 2.61. The zero-order valence-corrected chi connectivity index (χ0v) is 8.77. The Hall–Kier alpha value is -1.64. The highest BCUT2D eigenvalue weighted by molar-refractivity contribution is 5.65. The van der Waals surface area contributed by atoms with E-state index < -0.39 is 0 Å². The third-order valence-electron chi connectivity index (χ3n) is 2.16. The number of aryl methyl sites for hydroxylation is 1. The predicted molar refractivity (Wildman–Crippen MR) is 60.0 cm³/mol. The highest BCUT2D eigenvalue weighted by Gasteiger charge is 2.05. The average molecular weight is 205 g/mol. The van der Waals surface area contributed by atoms with E-state index in [0.717, 1.165) is 18.3 Å². The summed E-state index contributed by atoms with van der Waals surface area (Å²) in [5.74, 6) is 0. The summed E-state index contributed by atoms with van der Waals surface area (Å²) in [5, 5.41) is 3.06. The molecule has 0 saturated carbocycles. The van der Waals surface area contributed by atoms with Crippen LogP contribution >= 0.6 is 0 Å². The first kappa shape index (κ1) is 11.4. The highest BCUT2D eigenvalue weighted by atomic mass is 16.1. The lowest BCUT2D eigenvalue weighted by molar-refractivity contribution is -0.109. The lowest BCUT2D eigenvalue weighted by Crippen LogP contribution is -2.20. The largest absolute Gasteiger partial charge is 0.376 e. The third-order valence-corrected chi connectivity index (χ3v) is 2.16. The second-order valence-electron chi connectivity index (χ2n) is 3.50. The Kier molecular flexibility index (Phi) is 4.54. The van der Waals surface area contributed by atoms with Crippen molar-refractivity contribution in [1.29, 1.82) is 0 Å². The molecule has 0 fully saturated rings. The molecule has 1 atom stereocenters. The Bertz CT molecular complexity index is 319. The number of anilines is 1. The SMILES string of the molecule is Cc1ccc(NC(C=O)CCC=O)cc1. The van der Waals surface area contributed by atoms with Gasteiger partial charge in [0.2, 0.25) is 0 Å². The van der Waals surface area contributed by atoms with Crippen LogP contribution in [-0.2, 0) is 9.59 Å². The van der Waals surface area contributed by atoms with Crippen molar-refractivity contribution >= 4 is 18.3 Å². The Morgan fingerprint density at radius 2 is 1.93 bits per heavy atom. The number of carbonyl (C=O) groups is 2. The van der Waals surface area contributed by atoms with E-state index >= 15 is 0 Å². The fraction of sp³-hybridized carbons (Fsp3) is 0.333. The van der Waals surface area contributed by atoms with Crippen molar-refractivity contribution in [1.82, 2.24) is 0 Å². The van der Waals surface area contributed by atoms with E-state index in [2.05, 4.69) is 5.32 Å². The molecule has 1 aromatic rings. The van der Waals surface area contributed by atoms with Crippen LogP contribution in [0.3, 0.4) is 0 Å². The van der Waals surface area contributed by atoms with Crippen LogP contribution in [0.15, 0.2) is 24.3 Å². The van der Waals surface area contributed by atoms with E-state index in [1.807, 2.05) is 31.2 Å². The summed E-state index contributed by atoms with van der Waals surface area (Å²) in [6.45, 7) is 2.01. The number of rotatable bonds is 6. The maximum atomic E-state index is 10.7. The maximum absolute atomic E-state index is 10.7. The molecule has 0 amide bonds. The Balaban J connectivity index is 2.54. The molecule has 0 heterocycles. The normalized spacial score (nSPS) is 11.8. The maximum Gasteiger partial charge on any atom is 0.142 e. The van der Waals surface area contributed by atoms with Gasteiger partial charge in [0, 0.05) is 12.1 Å². The number of hydrogen-bond donors (Lipinski definition) is 1. The van der Waals surface area contributed by atoms with Crippen LogP contribution in [0.25, 0.3) is 0 Å². The van der Waals surface area contributed by atoms with Gasteiger partial charge in [-0.3, -0.25) is 0 Å². The van der Waals surface area contributed by atoms with Crippen LogP contribution in [0, 0.1) is 6.92 Å². The van der Waals surface area contributed by atoms with Crippen LogP contribution in [0.4, 0.5) is 5.69 Å². The molecular weight excluding hydrogens is 190 g/mol. The molecule has 1 aromatic carbocycles. The molecule has 1 N–H and O–H groups in total. The second kappa shape index (κ2) is 5.96. The first-order valence-corrected chi connectivity index (χ1v) is 4.98. The molecule has 0 aliphatic rings. The Morgan fingerprint density at radius 1 is 1.27 bits per heavy atom. The van der Waals surface area contributed by atoms with E-state index in [-0.39, 0.29) is 6.04 Å². The summed E-state index contributed by atoms with van der Waals surface area (Å²) in [7, 11) is 0. The summed E-state index contributed by atoms with van der Waals surface area (Å²) in [6, 6.07) is 7.52. The van der Waals surface area contributed by atoms with Crippen molar-refractivity contribution in [3.05, 3.63) is 29.8 Å². The van der Waals surface area contributed by atoms with Gasteiger partial charge in [-0.15, -0.1) is 0 Å². The number of hydrogen-bond acceptors (Lipinski definition) is 3. The molecule has 0 bridgehead atoms. The first-order chi connectivity index (χ1) is 7.26.